The number of amides is 1. The summed E-state index contributed by atoms with van der Waals surface area (Å²) in [6.45, 7) is 5.53. The Bertz CT molecular complexity index is 926. The maximum atomic E-state index is 13.0. The van der Waals surface area contributed by atoms with E-state index in [4.69, 9.17) is 9.84 Å². The van der Waals surface area contributed by atoms with Gasteiger partial charge in [0.05, 0.1) is 24.8 Å². The maximum Gasteiger partial charge on any atom is 0.227 e. The van der Waals surface area contributed by atoms with Crippen molar-refractivity contribution in [2.45, 2.75) is 57.4 Å². The zero-order valence-electron chi connectivity index (χ0n) is 20.0. The molecule has 1 atom stereocenters. The van der Waals surface area contributed by atoms with E-state index >= 15 is 0 Å². The summed E-state index contributed by atoms with van der Waals surface area (Å²) < 4.78 is 7.35. The first kappa shape index (κ1) is 22.6. The van der Waals surface area contributed by atoms with Crippen LogP contribution in [0.5, 0.6) is 0 Å². The number of likely N-dealkylation sites (tertiary alicyclic amines) is 1. The van der Waals surface area contributed by atoms with Gasteiger partial charge in [-0.15, -0.1) is 0 Å². The van der Waals surface area contributed by atoms with Gasteiger partial charge in [0.25, 0.3) is 0 Å². The molecule has 6 heteroatoms. The number of hydrogen-bond donors (Lipinski definition) is 0. The highest BCUT2D eigenvalue weighted by Gasteiger charge is 2.30. The quantitative estimate of drug-likeness (QED) is 0.685. The number of aryl methyl sites for hydroxylation is 1. The molecule has 0 spiro atoms. The predicted octanol–water partition coefficient (Wildman–Crippen LogP) is 4.21. The van der Waals surface area contributed by atoms with Gasteiger partial charge in [0.15, 0.2) is 0 Å². The van der Waals surface area contributed by atoms with E-state index < -0.39 is 0 Å². The molecule has 3 fully saturated rings. The van der Waals surface area contributed by atoms with Crippen molar-refractivity contribution in [1.29, 1.82) is 0 Å². The topological polar surface area (TPSA) is 50.6 Å². The second-order valence-electron chi connectivity index (χ2n) is 10.1. The largest absolute Gasteiger partial charge is 0.378 e. The van der Waals surface area contributed by atoms with Gasteiger partial charge in [-0.05, 0) is 43.7 Å². The third-order valence-corrected chi connectivity index (χ3v) is 7.74. The number of aromatic nitrogens is 2. The smallest absolute Gasteiger partial charge is 0.227 e. The number of rotatable bonds is 5. The molecule has 178 valence electrons. The number of hydrogen-bond acceptors (Lipinski definition) is 4. The molecule has 3 heterocycles. The van der Waals surface area contributed by atoms with Crippen LogP contribution < -0.4 is 0 Å². The van der Waals surface area contributed by atoms with Crippen LogP contribution >= 0.6 is 0 Å². The molecule has 0 radical (unpaired) electrons. The molecule has 33 heavy (non-hydrogen) atoms. The molecule has 0 bridgehead atoms. The number of benzene rings is 1. The van der Waals surface area contributed by atoms with Crippen LogP contribution in [0.2, 0.25) is 0 Å². The molecule has 3 aliphatic rings. The maximum absolute atomic E-state index is 13.0. The molecule has 2 saturated heterocycles. The lowest BCUT2D eigenvalue weighted by Crippen LogP contribution is -2.48. The highest BCUT2D eigenvalue weighted by atomic mass is 16.5. The van der Waals surface area contributed by atoms with Crippen LogP contribution in [0.4, 0.5) is 0 Å². The van der Waals surface area contributed by atoms with Crippen LogP contribution in [-0.2, 0) is 23.1 Å². The van der Waals surface area contributed by atoms with E-state index in [-0.39, 0.29) is 5.92 Å². The number of ether oxygens (including phenoxy) is 1. The number of carbonyl (C=O) groups excluding carboxylic acids is 1. The SMILES string of the molecule is Cn1cc(CN2CCC[C@@H](C(=O)N3CCOCC3)C2)c(-c2ccc(C3CCCCC3)cc2)n1. The fourth-order valence-electron chi connectivity index (χ4n) is 5.93. The number of nitrogens with zero attached hydrogens (tertiary/aromatic N) is 4. The van der Waals surface area contributed by atoms with Crippen molar-refractivity contribution < 1.29 is 9.53 Å². The molecule has 0 unspecified atom stereocenters. The normalized spacial score (nSPS) is 23.1. The van der Waals surface area contributed by atoms with Gasteiger partial charge >= 0.3 is 0 Å². The molecule has 2 aromatic rings. The number of carbonyl (C=O) groups is 1. The highest BCUT2D eigenvalue weighted by molar-refractivity contribution is 5.79. The van der Waals surface area contributed by atoms with Crippen LogP contribution in [0, 0.1) is 5.92 Å². The summed E-state index contributed by atoms with van der Waals surface area (Å²) in [5.74, 6) is 1.14. The Kier molecular flexibility index (Phi) is 7.12. The van der Waals surface area contributed by atoms with Gasteiger partial charge in [-0.1, -0.05) is 43.5 Å². The summed E-state index contributed by atoms with van der Waals surface area (Å²) >= 11 is 0. The van der Waals surface area contributed by atoms with E-state index in [0.717, 1.165) is 57.2 Å². The van der Waals surface area contributed by atoms with Gasteiger partial charge < -0.3 is 9.64 Å². The minimum absolute atomic E-state index is 0.103. The molecule has 1 saturated carbocycles. The molecule has 1 aromatic heterocycles. The lowest BCUT2D eigenvalue weighted by atomic mass is 9.84. The van der Waals surface area contributed by atoms with Gasteiger partial charge in [-0.2, -0.15) is 5.10 Å². The number of piperidine rings is 1. The van der Waals surface area contributed by atoms with Gasteiger partial charge in [-0.3, -0.25) is 14.4 Å². The Labute approximate surface area is 197 Å². The second kappa shape index (κ2) is 10.4. The van der Waals surface area contributed by atoms with Crippen molar-refractivity contribution in [2.75, 3.05) is 39.4 Å². The molecule has 6 nitrogen and oxygen atoms in total. The van der Waals surface area contributed by atoms with Crippen molar-refractivity contribution in [2.24, 2.45) is 13.0 Å². The Morgan fingerprint density at radius 1 is 1.00 bits per heavy atom. The molecule has 5 rings (SSSR count). The molecule has 1 aliphatic carbocycles. The Morgan fingerprint density at radius 3 is 2.52 bits per heavy atom. The van der Waals surface area contributed by atoms with E-state index in [0.29, 0.717) is 19.1 Å². The predicted molar refractivity (Wildman–Crippen MR) is 130 cm³/mol. The van der Waals surface area contributed by atoms with Crippen molar-refractivity contribution in [3.63, 3.8) is 0 Å². The average molecular weight is 451 g/mol. The third-order valence-electron chi connectivity index (χ3n) is 7.74. The van der Waals surface area contributed by atoms with E-state index in [9.17, 15) is 4.79 Å². The first-order chi connectivity index (χ1) is 16.2. The lowest BCUT2D eigenvalue weighted by Gasteiger charge is -2.36. The summed E-state index contributed by atoms with van der Waals surface area (Å²) in [6, 6.07) is 9.16. The molecule has 0 N–H and O–H groups in total. The van der Waals surface area contributed by atoms with Crippen LogP contribution in [0.15, 0.2) is 30.5 Å². The minimum atomic E-state index is 0.103. The average Bonchev–Trinajstić information content (AvgIpc) is 3.24. The van der Waals surface area contributed by atoms with Crippen LogP contribution in [-0.4, -0.2) is 64.9 Å². The van der Waals surface area contributed by atoms with Crippen molar-refractivity contribution in [1.82, 2.24) is 19.6 Å². The first-order valence-corrected chi connectivity index (χ1v) is 12.9. The molecule has 1 aromatic carbocycles. The highest BCUT2D eigenvalue weighted by Crippen LogP contribution is 2.34. The van der Waals surface area contributed by atoms with Gasteiger partial charge in [0, 0.05) is 50.6 Å². The molecule has 2 aliphatic heterocycles. The van der Waals surface area contributed by atoms with E-state index in [1.54, 1.807) is 0 Å². The van der Waals surface area contributed by atoms with Crippen molar-refractivity contribution in [3.05, 3.63) is 41.6 Å². The summed E-state index contributed by atoms with van der Waals surface area (Å²) in [6.07, 6.45) is 11.0. The summed E-state index contributed by atoms with van der Waals surface area (Å²) in [5.41, 5.74) is 5.01. The Hall–Kier alpha value is -2.18. The lowest BCUT2D eigenvalue weighted by molar-refractivity contribution is -0.141. The van der Waals surface area contributed by atoms with Crippen LogP contribution in [0.1, 0.15) is 62.0 Å². The first-order valence-electron chi connectivity index (χ1n) is 12.9. The zero-order valence-corrected chi connectivity index (χ0v) is 20.0. The van der Waals surface area contributed by atoms with Gasteiger partial charge in [0.2, 0.25) is 5.91 Å². The molecular formula is C27H38N4O2. The van der Waals surface area contributed by atoms with E-state index in [2.05, 4.69) is 35.4 Å². The number of morpholine rings is 1. The summed E-state index contributed by atoms with van der Waals surface area (Å²) in [5, 5.41) is 4.82. The van der Waals surface area contributed by atoms with Crippen LogP contribution in [0.25, 0.3) is 11.3 Å². The minimum Gasteiger partial charge on any atom is -0.378 e. The van der Waals surface area contributed by atoms with Crippen molar-refractivity contribution >= 4 is 5.91 Å². The molecule has 1 amide bonds. The van der Waals surface area contributed by atoms with E-state index in [1.165, 1.54) is 48.8 Å². The standard InChI is InChI=1S/C27H38N4O2/c1-29-18-25(20-30-13-5-8-24(19-30)27(32)31-14-16-33-17-15-31)26(28-29)23-11-9-22(10-12-23)21-6-3-2-4-7-21/h9-12,18,21,24H,2-8,13-17,19-20H2,1H3/t24-/m1/s1. The third kappa shape index (κ3) is 5.33. The summed E-state index contributed by atoms with van der Waals surface area (Å²) in [7, 11) is 2.00. The fourth-order valence-corrected chi connectivity index (χ4v) is 5.93. The fraction of sp³-hybridized carbons (Fsp3) is 0.630. The zero-order chi connectivity index (χ0) is 22.6. The van der Waals surface area contributed by atoms with Crippen molar-refractivity contribution in [3.8, 4) is 11.3 Å². The summed E-state index contributed by atoms with van der Waals surface area (Å²) in [4.78, 5) is 17.5. The van der Waals surface area contributed by atoms with Crippen LogP contribution in [0.3, 0.4) is 0 Å². The van der Waals surface area contributed by atoms with Gasteiger partial charge in [-0.25, -0.2) is 0 Å². The molecular weight excluding hydrogens is 412 g/mol. The Morgan fingerprint density at radius 2 is 1.76 bits per heavy atom. The Balaban J connectivity index is 1.26. The van der Waals surface area contributed by atoms with Gasteiger partial charge in [0.1, 0.15) is 0 Å². The monoisotopic (exact) mass is 450 g/mol. The van der Waals surface area contributed by atoms with E-state index in [1.807, 2.05) is 16.6 Å². The second-order valence-corrected chi connectivity index (χ2v) is 10.1.